The van der Waals surface area contributed by atoms with Gasteiger partial charge >= 0.3 is 0 Å². The summed E-state index contributed by atoms with van der Waals surface area (Å²) in [6.45, 7) is 0. The third-order valence-electron chi connectivity index (χ3n) is 3.26. The number of fused-ring (bicyclic) bond motifs is 1. The third kappa shape index (κ3) is 1.58. The number of benzene rings is 1. The summed E-state index contributed by atoms with van der Waals surface area (Å²) in [6, 6.07) is 8.13. The molecule has 3 nitrogen and oxygen atoms in total. The van der Waals surface area contributed by atoms with Gasteiger partial charge in [-0.25, -0.2) is 0 Å². The lowest BCUT2D eigenvalue weighted by molar-refractivity contribution is 0.0917. The van der Waals surface area contributed by atoms with Gasteiger partial charge in [-0.3, -0.25) is 4.79 Å². The maximum Gasteiger partial charge on any atom is 0.251 e. The van der Waals surface area contributed by atoms with E-state index in [1.807, 2.05) is 30.5 Å². The molecule has 1 saturated carbocycles. The molecule has 0 unspecified atom stereocenters. The summed E-state index contributed by atoms with van der Waals surface area (Å²) in [5, 5.41) is 4.12. The molecular weight excluding hydrogens is 200 g/mol. The van der Waals surface area contributed by atoms with Crippen molar-refractivity contribution >= 4 is 16.8 Å². The second-order valence-electron chi connectivity index (χ2n) is 4.38. The Balaban J connectivity index is 1.83. The Hall–Kier alpha value is -1.77. The largest absolute Gasteiger partial charge is 0.361 e. The number of rotatable bonds is 2. The van der Waals surface area contributed by atoms with Gasteiger partial charge in [-0.05, 0) is 43.5 Å². The normalized spacial score (nSPS) is 16.0. The molecule has 1 fully saturated rings. The van der Waals surface area contributed by atoms with Crippen molar-refractivity contribution in [2.45, 2.75) is 25.3 Å². The Morgan fingerprint density at radius 2 is 2.19 bits per heavy atom. The second-order valence-corrected chi connectivity index (χ2v) is 4.38. The predicted molar refractivity (Wildman–Crippen MR) is 63.4 cm³/mol. The lowest BCUT2D eigenvalue weighted by Crippen LogP contribution is -2.39. The molecule has 0 atom stereocenters. The summed E-state index contributed by atoms with van der Waals surface area (Å²) in [6.07, 6.45) is 5.37. The topological polar surface area (TPSA) is 44.9 Å². The van der Waals surface area contributed by atoms with Crippen LogP contribution in [0.1, 0.15) is 29.6 Å². The van der Waals surface area contributed by atoms with E-state index in [1.54, 1.807) is 0 Å². The quantitative estimate of drug-likeness (QED) is 0.792. The molecule has 1 aromatic heterocycles. The molecular formula is C13H14N2O. The van der Waals surface area contributed by atoms with Crippen molar-refractivity contribution in [1.82, 2.24) is 10.3 Å². The van der Waals surface area contributed by atoms with Gasteiger partial charge in [-0.15, -0.1) is 0 Å². The highest BCUT2D eigenvalue weighted by atomic mass is 16.1. The Bertz CT molecular complexity index is 525. The monoisotopic (exact) mass is 214 g/mol. The molecule has 2 N–H and O–H groups in total. The number of aromatic amines is 1. The Morgan fingerprint density at radius 3 is 2.94 bits per heavy atom. The first kappa shape index (κ1) is 9.46. The molecule has 2 aromatic rings. The van der Waals surface area contributed by atoms with Crippen LogP contribution in [-0.4, -0.2) is 16.9 Å². The highest BCUT2D eigenvalue weighted by Gasteiger charge is 2.19. The highest BCUT2D eigenvalue weighted by molar-refractivity contribution is 5.98. The minimum atomic E-state index is 0.0489. The van der Waals surface area contributed by atoms with Crippen LogP contribution in [-0.2, 0) is 0 Å². The molecule has 0 radical (unpaired) electrons. The van der Waals surface area contributed by atoms with E-state index in [-0.39, 0.29) is 5.91 Å². The fourth-order valence-electron chi connectivity index (χ4n) is 2.02. The number of hydrogen-bond donors (Lipinski definition) is 2. The van der Waals surface area contributed by atoms with E-state index >= 15 is 0 Å². The van der Waals surface area contributed by atoms with E-state index in [0.717, 1.165) is 29.3 Å². The fourth-order valence-corrected chi connectivity index (χ4v) is 2.02. The van der Waals surface area contributed by atoms with Crippen LogP contribution in [0, 0.1) is 0 Å². The minimum Gasteiger partial charge on any atom is -0.361 e. The Labute approximate surface area is 93.9 Å². The number of nitrogens with one attached hydrogen (secondary N) is 2. The fraction of sp³-hybridized carbons (Fsp3) is 0.308. The molecule has 1 aromatic carbocycles. The van der Waals surface area contributed by atoms with Crippen LogP contribution >= 0.6 is 0 Å². The zero-order valence-electron chi connectivity index (χ0n) is 8.99. The van der Waals surface area contributed by atoms with Crippen LogP contribution in [0.5, 0.6) is 0 Å². The highest BCUT2D eigenvalue weighted by Crippen LogP contribution is 2.19. The van der Waals surface area contributed by atoms with E-state index in [4.69, 9.17) is 0 Å². The van der Waals surface area contributed by atoms with Gasteiger partial charge < -0.3 is 10.3 Å². The lowest BCUT2D eigenvalue weighted by atomic mass is 9.93. The molecule has 0 aliphatic heterocycles. The second kappa shape index (κ2) is 3.67. The van der Waals surface area contributed by atoms with E-state index in [0.29, 0.717) is 6.04 Å². The van der Waals surface area contributed by atoms with Crippen molar-refractivity contribution in [1.29, 1.82) is 0 Å². The molecule has 1 amide bonds. The Kier molecular flexibility index (Phi) is 2.17. The van der Waals surface area contributed by atoms with Crippen molar-refractivity contribution < 1.29 is 4.79 Å². The van der Waals surface area contributed by atoms with Crippen molar-refractivity contribution in [2.24, 2.45) is 0 Å². The van der Waals surface area contributed by atoms with Crippen molar-refractivity contribution in [3.8, 4) is 0 Å². The maximum atomic E-state index is 11.9. The molecule has 3 heteroatoms. The summed E-state index contributed by atoms with van der Waals surface area (Å²) in [5.41, 5.74) is 1.82. The number of aromatic nitrogens is 1. The molecule has 82 valence electrons. The van der Waals surface area contributed by atoms with Crippen molar-refractivity contribution in [3.63, 3.8) is 0 Å². The van der Waals surface area contributed by atoms with Gasteiger partial charge in [0.15, 0.2) is 0 Å². The summed E-state index contributed by atoms with van der Waals surface area (Å²) in [7, 11) is 0. The van der Waals surface area contributed by atoms with Crippen LogP contribution in [0.25, 0.3) is 10.9 Å². The summed E-state index contributed by atoms with van der Waals surface area (Å²) >= 11 is 0. The van der Waals surface area contributed by atoms with E-state index in [9.17, 15) is 4.79 Å². The maximum absolute atomic E-state index is 11.9. The van der Waals surface area contributed by atoms with Gasteiger partial charge in [0, 0.05) is 28.7 Å². The van der Waals surface area contributed by atoms with Gasteiger partial charge in [0.25, 0.3) is 5.91 Å². The number of H-pyrrole nitrogens is 1. The zero-order valence-corrected chi connectivity index (χ0v) is 8.99. The molecule has 1 aliphatic rings. The molecule has 16 heavy (non-hydrogen) atoms. The average molecular weight is 214 g/mol. The summed E-state index contributed by atoms with van der Waals surface area (Å²) in [4.78, 5) is 15.0. The summed E-state index contributed by atoms with van der Waals surface area (Å²) in [5.74, 6) is 0.0489. The van der Waals surface area contributed by atoms with Crippen LogP contribution in [0.4, 0.5) is 0 Å². The van der Waals surface area contributed by atoms with Gasteiger partial charge in [0.1, 0.15) is 0 Å². The first-order valence-corrected chi connectivity index (χ1v) is 5.71. The standard InChI is InChI=1S/C13H14N2O/c16-13(15-11-2-1-3-11)10-4-5-12-9(8-10)6-7-14-12/h4-8,11,14H,1-3H2,(H,15,16). The van der Waals surface area contributed by atoms with Gasteiger partial charge in [-0.1, -0.05) is 0 Å². The van der Waals surface area contributed by atoms with Crippen molar-refractivity contribution in [3.05, 3.63) is 36.0 Å². The third-order valence-corrected chi connectivity index (χ3v) is 3.26. The van der Waals surface area contributed by atoms with E-state index in [2.05, 4.69) is 10.3 Å². The molecule has 1 heterocycles. The molecule has 3 rings (SSSR count). The first-order chi connectivity index (χ1) is 7.83. The van der Waals surface area contributed by atoms with Crippen LogP contribution in [0.3, 0.4) is 0 Å². The number of amides is 1. The van der Waals surface area contributed by atoms with Crippen LogP contribution < -0.4 is 5.32 Å². The molecule has 0 saturated heterocycles. The first-order valence-electron chi connectivity index (χ1n) is 5.71. The predicted octanol–water partition coefficient (Wildman–Crippen LogP) is 2.45. The number of carbonyl (C=O) groups excluding carboxylic acids is 1. The average Bonchev–Trinajstić information content (AvgIpc) is 2.69. The number of hydrogen-bond acceptors (Lipinski definition) is 1. The number of carbonyl (C=O) groups is 1. The summed E-state index contributed by atoms with van der Waals surface area (Å²) < 4.78 is 0. The van der Waals surface area contributed by atoms with Crippen LogP contribution in [0.15, 0.2) is 30.5 Å². The van der Waals surface area contributed by atoms with Gasteiger partial charge in [0.2, 0.25) is 0 Å². The van der Waals surface area contributed by atoms with Crippen LogP contribution in [0.2, 0.25) is 0 Å². The molecule has 0 spiro atoms. The van der Waals surface area contributed by atoms with Crippen molar-refractivity contribution in [2.75, 3.05) is 0 Å². The smallest absolute Gasteiger partial charge is 0.251 e. The zero-order chi connectivity index (χ0) is 11.0. The Morgan fingerprint density at radius 1 is 1.31 bits per heavy atom. The SMILES string of the molecule is O=C(NC1CCC1)c1ccc2[nH]ccc2c1. The molecule has 1 aliphatic carbocycles. The minimum absolute atomic E-state index is 0.0489. The van der Waals surface area contributed by atoms with Gasteiger partial charge in [-0.2, -0.15) is 0 Å². The van der Waals surface area contributed by atoms with E-state index < -0.39 is 0 Å². The lowest BCUT2D eigenvalue weighted by Gasteiger charge is -2.26. The van der Waals surface area contributed by atoms with E-state index in [1.165, 1.54) is 6.42 Å². The van der Waals surface area contributed by atoms with Gasteiger partial charge in [0.05, 0.1) is 0 Å². The molecule has 0 bridgehead atoms.